The standard InChI is InChI=1S/C27H40N6O7S/c1-18(2)15-23(31-41(39,40)29-17-20-7-5-4-6-8-20)26(37)30-22(16-21-9-10-28-25(21)36)24(35)27(38)33-13-11-32(12-14-33)19(3)34/h4-8,18,21-23,29,31H,9-17H2,1-3H3,(H,28,36)(H,30,37)/t21-,22-,23-/m0/s1. The largest absolute Gasteiger partial charge is 0.356 e. The van der Waals surface area contributed by atoms with Gasteiger partial charge < -0.3 is 20.4 Å². The van der Waals surface area contributed by atoms with Gasteiger partial charge in [0.15, 0.2) is 0 Å². The van der Waals surface area contributed by atoms with Crippen molar-refractivity contribution in [1.82, 2.24) is 29.9 Å². The highest BCUT2D eigenvalue weighted by molar-refractivity contribution is 7.87. The number of Topliss-reactive ketones (excluding diaryl/α,β-unsaturated/α-hetero) is 1. The Morgan fingerprint density at radius 2 is 1.63 bits per heavy atom. The van der Waals surface area contributed by atoms with Crippen LogP contribution in [-0.2, 0) is 40.7 Å². The van der Waals surface area contributed by atoms with Gasteiger partial charge in [0.1, 0.15) is 6.04 Å². The molecule has 1 aromatic carbocycles. The summed E-state index contributed by atoms with van der Waals surface area (Å²) in [5, 5.41) is 5.26. The Morgan fingerprint density at radius 3 is 2.20 bits per heavy atom. The van der Waals surface area contributed by atoms with Crippen molar-refractivity contribution >= 4 is 39.6 Å². The van der Waals surface area contributed by atoms with Crippen LogP contribution in [0, 0.1) is 11.8 Å². The van der Waals surface area contributed by atoms with Crippen LogP contribution < -0.4 is 20.1 Å². The lowest BCUT2D eigenvalue weighted by atomic mass is 9.94. The van der Waals surface area contributed by atoms with Gasteiger partial charge in [-0.1, -0.05) is 44.2 Å². The summed E-state index contributed by atoms with van der Waals surface area (Å²) < 4.78 is 30.4. The summed E-state index contributed by atoms with van der Waals surface area (Å²) in [6.07, 6.45) is 0.474. The SMILES string of the molecule is CC(=O)N1CCN(C(=O)C(=O)[C@H](C[C@@H]2CCNC2=O)NC(=O)[C@H](CC(C)C)NS(=O)(=O)NCc2ccccc2)CC1. The predicted octanol–water partition coefficient (Wildman–Crippen LogP) is -0.704. The highest BCUT2D eigenvalue weighted by Gasteiger charge is 2.38. The maximum Gasteiger partial charge on any atom is 0.292 e. The minimum atomic E-state index is -4.12. The third kappa shape index (κ3) is 9.61. The van der Waals surface area contributed by atoms with Crippen LogP contribution in [0.25, 0.3) is 0 Å². The minimum absolute atomic E-state index is 0.00941. The zero-order valence-corrected chi connectivity index (χ0v) is 24.5. The monoisotopic (exact) mass is 592 g/mol. The molecule has 3 rings (SSSR count). The maximum atomic E-state index is 13.4. The third-order valence-corrected chi connectivity index (χ3v) is 8.29. The summed E-state index contributed by atoms with van der Waals surface area (Å²) in [5.41, 5.74) is 0.728. The zero-order valence-electron chi connectivity index (χ0n) is 23.7. The number of piperazine rings is 1. The van der Waals surface area contributed by atoms with Gasteiger partial charge in [-0.25, -0.2) is 0 Å². The molecule has 0 bridgehead atoms. The number of carbonyl (C=O) groups excluding carboxylic acids is 5. The van der Waals surface area contributed by atoms with Gasteiger partial charge in [-0.3, -0.25) is 24.0 Å². The van der Waals surface area contributed by atoms with Crippen molar-refractivity contribution in [2.45, 2.75) is 58.7 Å². The normalized spacial score (nSPS) is 19.0. The van der Waals surface area contributed by atoms with E-state index in [0.717, 1.165) is 5.56 Å². The third-order valence-electron chi connectivity index (χ3n) is 7.17. The van der Waals surface area contributed by atoms with Gasteiger partial charge >= 0.3 is 0 Å². The van der Waals surface area contributed by atoms with Crippen LogP contribution in [0.2, 0.25) is 0 Å². The molecule has 0 unspecified atom stereocenters. The van der Waals surface area contributed by atoms with Crippen LogP contribution in [0.3, 0.4) is 0 Å². The summed E-state index contributed by atoms with van der Waals surface area (Å²) in [6.45, 7) is 6.39. The summed E-state index contributed by atoms with van der Waals surface area (Å²) in [7, 11) is -4.12. The van der Waals surface area contributed by atoms with E-state index in [2.05, 4.69) is 20.1 Å². The van der Waals surface area contributed by atoms with E-state index < -0.39 is 45.8 Å². The van der Waals surface area contributed by atoms with Crippen LogP contribution in [0.1, 0.15) is 45.6 Å². The van der Waals surface area contributed by atoms with Crippen molar-refractivity contribution in [3.63, 3.8) is 0 Å². The molecule has 3 atom stereocenters. The lowest BCUT2D eigenvalue weighted by Crippen LogP contribution is -2.58. The van der Waals surface area contributed by atoms with E-state index in [1.54, 1.807) is 29.2 Å². The number of nitrogens with one attached hydrogen (secondary N) is 4. The molecule has 41 heavy (non-hydrogen) atoms. The lowest BCUT2D eigenvalue weighted by molar-refractivity contribution is -0.149. The van der Waals surface area contributed by atoms with Crippen molar-refractivity contribution in [3.8, 4) is 0 Å². The van der Waals surface area contributed by atoms with Crippen LogP contribution in [0.5, 0.6) is 0 Å². The van der Waals surface area contributed by atoms with Gasteiger partial charge in [0.25, 0.3) is 16.1 Å². The number of rotatable bonds is 13. The van der Waals surface area contributed by atoms with Gasteiger partial charge in [0.2, 0.25) is 23.5 Å². The molecule has 2 fully saturated rings. The van der Waals surface area contributed by atoms with E-state index in [9.17, 15) is 32.4 Å². The Labute approximate surface area is 241 Å². The van der Waals surface area contributed by atoms with Crippen LogP contribution in [0.15, 0.2) is 30.3 Å². The molecule has 4 amide bonds. The molecule has 0 saturated carbocycles. The van der Waals surface area contributed by atoms with E-state index in [-0.39, 0.29) is 63.3 Å². The first-order chi connectivity index (χ1) is 19.4. The first-order valence-corrected chi connectivity index (χ1v) is 15.3. The van der Waals surface area contributed by atoms with Crippen molar-refractivity contribution in [2.75, 3.05) is 32.7 Å². The first-order valence-electron chi connectivity index (χ1n) is 13.8. The molecule has 2 saturated heterocycles. The molecule has 2 heterocycles. The summed E-state index contributed by atoms with van der Waals surface area (Å²) >= 11 is 0. The lowest BCUT2D eigenvalue weighted by Gasteiger charge is -2.34. The Hall–Kier alpha value is -3.36. The fourth-order valence-electron chi connectivity index (χ4n) is 4.87. The number of carbonyl (C=O) groups is 5. The van der Waals surface area contributed by atoms with Gasteiger partial charge in [0.05, 0.1) is 6.04 Å². The second-order valence-electron chi connectivity index (χ2n) is 10.8. The highest BCUT2D eigenvalue weighted by atomic mass is 32.2. The van der Waals surface area contributed by atoms with E-state index in [0.29, 0.717) is 13.0 Å². The van der Waals surface area contributed by atoms with Crippen molar-refractivity contribution in [3.05, 3.63) is 35.9 Å². The zero-order chi connectivity index (χ0) is 30.2. The molecule has 13 nitrogen and oxygen atoms in total. The van der Waals surface area contributed by atoms with E-state index in [1.165, 1.54) is 11.8 Å². The molecule has 4 N–H and O–H groups in total. The first kappa shape index (κ1) is 32.2. The average molecular weight is 593 g/mol. The molecule has 14 heteroatoms. The number of benzene rings is 1. The molecule has 1 aromatic rings. The maximum absolute atomic E-state index is 13.4. The summed E-state index contributed by atoms with van der Waals surface area (Å²) in [4.78, 5) is 66.8. The quantitative estimate of drug-likeness (QED) is 0.219. The van der Waals surface area contributed by atoms with Crippen LogP contribution in [-0.4, -0.2) is 92.4 Å². The van der Waals surface area contributed by atoms with Gasteiger partial charge in [-0.2, -0.15) is 17.9 Å². The Balaban J connectivity index is 1.73. The molecule has 0 aromatic heterocycles. The van der Waals surface area contributed by atoms with Crippen molar-refractivity contribution in [1.29, 1.82) is 0 Å². The second kappa shape index (κ2) is 14.5. The highest BCUT2D eigenvalue weighted by Crippen LogP contribution is 2.18. The minimum Gasteiger partial charge on any atom is -0.356 e. The van der Waals surface area contributed by atoms with Crippen LogP contribution >= 0.6 is 0 Å². The second-order valence-corrected chi connectivity index (χ2v) is 12.4. The van der Waals surface area contributed by atoms with Gasteiger partial charge in [0, 0.05) is 52.1 Å². The van der Waals surface area contributed by atoms with Gasteiger partial charge in [-0.15, -0.1) is 0 Å². The van der Waals surface area contributed by atoms with Crippen molar-refractivity contribution < 1.29 is 32.4 Å². The van der Waals surface area contributed by atoms with Gasteiger partial charge in [-0.05, 0) is 30.7 Å². The Bertz CT molecular complexity index is 1220. The number of ketones is 1. The van der Waals surface area contributed by atoms with E-state index in [4.69, 9.17) is 0 Å². The van der Waals surface area contributed by atoms with E-state index >= 15 is 0 Å². The summed E-state index contributed by atoms with van der Waals surface area (Å²) in [6, 6.07) is 6.32. The molecule has 0 radical (unpaired) electrons. The molecule has 0 aliphatic carbocycles. The number of hydrogen-bond acceptors (Lipinski definition) is 7. The Kier molecular flexibility index (Phi) is 11.4. The predicted molar refractivity (Wildman–Crippen MR) is 150 cm³/mol. The van der Waals surface area contributed by atoms with E-state index in [1.807, 2.05) is 19.9 Å². The fourth-order valence-corrected chi connectivity index (χ4v) is 5.89. The summed E-state index contributed by atoms with van der Waals surface area (Å²) in [5.74, 6) is -3.54. The molecule has 0 spiro atoms. The number of amides is 4. The molecule has 2 aliphatic heterocycles. The van der Waals surface area contributed by atoms with Crippen LogP contribution in [0.4, 0.5) is 0 Å². The number of nitrogens with zero attached hydrogens (tertiary/aromatic N) is 2. The average Bonchev–Trinajstić information content (AvgIpc) is 3.34. The molecule has 2 aliphatic rings. The van der Waals surface area contributed by atoms with Crippen molar-refractivity contribution in [2.24, 2.45) is 11.8 Å². The molecular formula is C27H40N6O7S. The number of hydrogen-bond donors (Lipinski definition) is 4. The molecule has 226 valence electrons. The molecular weight excluding hydrogens is 552 g/mol. The smallest absolute Gasteiger partial charge is 0.292 e. The topological polar surface area (TPSA) is 174 Å². The fraction of sp³-hybridized carbons (Fsp3) is 0.593. The Morgan fingerprint density at radius 1 is 1.00 bits per heavy atom.